The lowest BCUT2D eigenvalue weighted by atomic mass is 10.2. The Morgan fingerprint density at radius 1 is 0.357 bits per heavy atom. The van der Waals surface area contributed by atoms with E-state index in [-0.39, 0.29) is 37.3 Å². The molecule has 0 radical (unpaired) electrons. The smallest absolute Gasteiger partial charge is 0.344 e. The molecule has 2 heterocycles. The molecule has 0 aliphatic rings. The molecular weight excluding hydrogens is 921 g/mol. The van der Waals surface area contributed by atoms with E-state index in [9.17, 15) is 19.2 Å². The van der Waals surface area contributed by atoms with Gasteiger partial charge < -0.3 is 28.4 Å². The summed E-state index contributed by atoms with van der Waals surface area (Å²) in [5, 5.41) is 2.28. The van der Waals surface area contributed by atoms with Crippen LogP contribution in [0.15, 0.2) is 204 Å². The summed E-state index contributed by atoms with van der Waals surface area (Å²) in [4.78, 5) is 54.9. The second-order valence-corrected chi connectivity index (χ2v) is 20.0. The van der Waals surface area contributed by atoms with Crippen LogP contribution in [0.25, 0.3) is 50.1 Å². The standard InChI is InChI=1S/C58H44O10S2/c59-55(37-65-43-25-31-53-49(35-43)57(61)47-17-7-9-19-51(47)69(53)45-27-21-41(22-28-45)67-39-13-3-1-4-14-39)63-33-11-12-34-64-56(60)38-66-44-26-32-54-50(36-44)58(62)48-18-8-10-20-52(48)70(54)46-29-23-42(24-30-46)68-40-15-5-2-6-16-40/h1-10,13-32,35-36H,11-12,33-34,37-38H2/q+2. The number of ether oxygens (including phenoxy) is 6. The molecule has 346 valence electrons. The second kappa shape index (κ2) is 20.9. The van der Waals surface area contributed by atoms with Crippen LogP contribution in [0.3, 0.4) is 0 Å². The maximum atomic E-state index is 13.8. The fourth-order valence-corrected chi connectivity index (χ4v) is 12.7. The van der Waals surface area contributed by atoms with Crippen LogP contribution in [0.5, 0.6) is 34.5 Å². The van der Waals surface area contributed by atoms with Crippen molar-refractivity contribution in [3.05, 3.63) is 215 Å². The molecule has 0 bridgehead atoms. The van der Waals surface area contributed by atoms with Gasteiger partial charge in [0, 0.05) is 57.3 Å². The molecular formula is C58H44O10S2+2. The van der Waals surface area contributed by atoms with Gasteiger partial charge in [0.2, 0.25) is 10.9 Å². The molecule has 0 fully saturated rings. The summed E-state index contributed by atoms with van der Waals surface area (Å²) in [6.07, 6.45) is 0.904. The lowest BCUT2D eigenvalue weighted by molar-refractivity contribution is -0.148. The number of esters is 2. The Labute approximate surface area is 407 Å². The van der Waals surface area contributed by atoms with E-state index in [0.717, 1.165) is 40.1 Å². The fourth-order valence-electron chi connectivity index (χ4n) is 8.09. The normalized spacial score (nSPS) is 11.7. The zero-order valence-corrected chi connectivity index (χ0v) is 39.2. The van der Waals surface area contributed by atoms with Crippen molar-refractivity contribution in [1.29, 1.82) is 0 Å². The van der Waals surface area contributed by atoms with Gasteiger partial charge in [0.05, 0.1) is 34.8 Å². The number of hydrogen-bond donors (Lipinski definition) is 0. The van der Waals surface area contributed by atoms with Crippen LogP contribution in [0.1, 0.15) is 12.8 Å². The van der Waals surface area contributed by atoms with E-state index in [2.05, 4.69) is 0 Å². The van der Waals surface area contributed by atoms with Crippen molar-refractivity contribution < 1.29 is 38.0 Å². The number of carbonyl (C=O) groups excluding carboxylic acids is 2. The molecule has 0 saturated heterocycles. The average molecular weight is 965 g/mol. The Morgan fingerprint density at radius 3 is 1.11 bits per heavy atom. The topological polar surface area (TPSA) is 124 Å². The molecule has 12 heteroatoms. The van der Waals surface area contributed by atoms with Crippen LogP contribution in [-0.4, -0.2) is 38.4 Å². The van der Waals surface area contributed by atoms with Gasteiger partial charge >= 0.3 is 11.9 Å². The molecule has 0 amide bonds. The fraction of sp³-hybridized carbons (Fsp3) is 0.103. The quantitative estimate of drug-likeness (QED) is 0.0377. The van der Waals surface area contributed by atoms with E-state index in [1.54, 1.807) is 24.3 Å². The number of unbranched alkanes of at least 4 members (excludes halogenated alkanes) is 1. The third-order valence-electron chi connectivity index (χ3n) is 11.4. The Hall–Kier alpha value is -8.32. The zero-order valence-electron chi connectivity index (χ0n) is 37.6. The third-order valence-corrected chi connectivity index (χ3v) is 16.1. The Bertz CT molecular complexity index is 3390. The lowest BCUT2D eigenvalue weighted by Gasteiger charge is -2.09. The van der Waals surface area contributed by atoms with Gasteiger partial charge in [-0.25, -0.2) is 9.59 Å². The highest BCUT2D eigenvalue weighted by molar-refractivity contribution is 7.50. The summed E-state index contributed by atoms with van der Waals surface area (Å²) in [6, 6.07) is 61.0. The number of para-hydroxylation sites is 2. The van der Waals surface area contributed by atoms with Crippen molar-refractivity contribution in [2.24, 2.45) is 0 Å². The molecule has 8 aromatic carbocycles. The lowest BCUT2D eigenvalue weighted by Crippen LogP contribution is -2.17. The summed E-state index contributed by atoms with van der Waals surface area (Å²) in [6.45, 7) is -0.478. The van der Waals surface area contributed by atoms with Crippen LogP contribution >= 0.6 is 20.9 Å². The molecule has 70 heavy (non-hydrogen) atoms. The van der Waals surface area contributed by atoms with Gasteiger partial charge in [-0.15, -0.1) is 0 Å². The van der Waals surface area contributed by atoms with Crippen molar-refractivity contribution in [2.75, 3.05) is 26.4 Å². The molecule has 0 N–H and O–H groups in total. The van der Waals surface area contributed by atoms with Crippen LogP contribution in [0.4, 0.5) is 0 Å². The second-order valence-electron chi connectivity index (χ2n) is 16.1. The molecule has 0 aliphatic heterocycles. The van der Waals surface area contributed by atoms with E-state index >= 15 is 0 Å². The number of carbonyl (C=O) groups is 2. The summed E-state index contributed by atoms with van der Waals surface area (Å²) >= 11 is 0. The number of hydrogen-bond acceptors (Lipinski definition) is 10. The van der Waals surface area contributed by atoms with E-state index in [4.69, 9.17) is 28.4 Å². The predicted octanol–water partition coefficient (Wildman–Crippen LogP) is 13.4. The minimum atomic E-state index is -0.570. The first-order valence-corrected chi connectivity index (χ1v) is 25.1. The van der Waals surface area contributed by atoms with Crippen molar-refractivity contribution in [3.8, 4) is 44.3 Å². The molecule has 0 aliphatic carbocycles. The first-order valence-electron chi connectivity index (χ1n) is 22.6. The van der Waals surface area contributed by atoms with Crippen LogP contribution in [-0.2, 0) is 19.1 Å². The molecule has 2 aromatic heterocycles. The van der Waals surface area contributed by atoms with Crippen LogP contribution < -0.4 is 29.8 Å². The predicted molar refractivity (Wildman–Crippen MR) is 278 cm³/mol. The minimum Gasteiger partial charge on any atom is -0.482 e. The minimum absolute atomic E-state index is 0.104. The highest BCUT2D eigenvalue weighted by Gasteiger charge is 2.25. The summed E-state index contributed by atoms with van der Waals surface area (Å²) in [5.74, 6) is 2.53. The number of fused-ring (bicyclic) bond motifs is 4. The summed E-state index contributed by atoms with van der Waals surface area (Å²) < 4.78 is 38.0. The van der Waals surface area contributed by atoms with E-state index in [0.29, 0.717) is 57.4 Å². The van der Waals surface area contributed by atoms with Crippen molar-refractivity contribution in [2.45, 2.75) is 12.8 Å². The van der Waals surface area contributed by atoms with Crippen LogP contribution in [0.2, 0.25) is 0 Å². The van der Waals surface area contributed by atoms with Crippen molar-refractivity contribution in [1.82, 2.24) is 0 Å². The highest BCUT2D eigenvalue weighted by Crippen LogP contribution is 2.46. The zero-order chi connectivity index (χ0) is 47.8. The van der Waals surface area contributed by atoms with Gasteiger partial charge in [-0.3, -0.25) is 9.59 Å². The van der Waals surface area contributed by atoms with Gasteiger partial charge in [0.15, 0.2) is 41.8 Å². The summed E-state index contributed by atoms with van der Waals surface area (Å²) in [7, 11) is -1.14. The average Bonchev–Trinajstić information content (AvgIpc) is 3.40. The largest absolute Gasteiger partial charge is 0.482 e. The SMILES string of the molecule is O=C(COc1ccc2c(c1)c(=O)c1ccccc1[s+]2-c1ccc(Oc2ccccc2)cc1)OCCCCOC(=O)COc1ccc2c(c1)c(=O)c1ccccc1[s+]2-c1ccc(Oc2ccccc2)cc1. The highest BCUT2D eigenvalue weighted by atomic mass is 32.2. The molecule has 10 aromatic rings. The van der Waals surface area contributed by atoms with Crippen molar-refractivity contribution >= 4 is 73.2 Å². The van der Waals surface area contributed by atoms with E-state index < -0.39 is 32.9 Å². The van der Waals surface area contributed by atoms with Gasteiger partial charge in [-0.05, 0) is 110 Å². The van der Waals surface area contributed by atoms with Gasteiger partial charge in [-0.2, -0.15) is 0 Å². The number of rotatable bonds is 17. The molecule has 0 saturated carbocycles. The molecule has 10 nitrogen and oxygen atoms in total. The first-order chi connectivity index (χ1) is 34.4. The molecule has 2 atom stereocenters. The van der Waals surface area contributed by atoms with Crippen LogP contribution in [0, 0.1) is 0 Å². The molecule has 10 rings (SSSR count). The van der Waals surface area contributed by atoms with Gasteiger partial charge in [0.25, 0.3) is 0 Å². The third kappa shape index (κ3) is 10.1. The van der Waals surface area contributed by atoms with E-state index in [1.165, 1.54) is 0 Å². The van der Waals surface area contributed by atoms with E-state index in [1.807, 2.05) is 170 Å². The first kappa shape index (κ1) is 45.5. The van der Waals surface area contributed by atoms with Gasteiger partial charge in [-0.1, -0.05) is 60.7 Å². The maximum absolute atomic E-state index is 13.8. The van der Waals surface area contributed by atoms with Crippen molar-refractivity contribution in [3.63, 3.8) is 0 Å². The Balaban J connectivity index is 0.705. The van der Waals surface area contributed by atoms with Gasteiger partial charge in [0.1, 0.15) is 34.5 Å². The molecule has 2 unspecified atom stereocenters. The summed E-state index contributed by atoms with van der Waals surface area (Å²) in [5.41, 5.74) is -0.216. The Kier molecular flexibility index (Phi) is 13.6. The molecule has 0 spiro atoms. The number of benzene rings is 8. The maximum Gasteiger partial charge on any atom is 0.344 e. The Morgan fingerprint density at radius 2 is 0.700 bits per heavy atom. The monoisotopic (exact) mass is 964 g/mol.